The molecule has 0 spiro atoms. The normalized spacial score (nSPS) is 10.2. The van der Waals surface area contributed by atoms with Gasteiger partial charge in [-0.25, -0.2) is 4.39 Å². The molecular formula is C10H14FN. The quantitative estimate of drug-likeness (QED) is 0.673. The summed E-state index contributed by atoms with van der Waals surface area (Å²) < 4.78 is 12.9. The van der Waals surface area contributed by atoms with Crippen molar-refractivity contribution in [2.45, 2.75) is 26.7 Å². The lowest BCUT2D eigenvalue weighted by Crippen LogP contribution is -1.99. The fraction of sp³-hybridized carbons (Fsp3) is 0.400. The van der Waals surface area contributed by atoms with E-state index in [0.717, 1.165) is 29.7 Å². The number of benzene rings is 1. The van der Waals surface area contributed by atoms with Crippen LogP contribution in [0.4, 0.5) is 10.1 Å². The zero-order chi connectivity index (χ0) is 9.14. The van der Waals surface area contributed by atoms with E-state index >= 15 is 0 Å². The molecule has 0 heterocycles. The van der Waals surface area contributed by atoms with Crippen molar-refractivity contribution in [1.29, 1.82) is 0 Å². The molecule has 0 amide bonds. The molecule has 1 nitrogen and oxygen atoms in total. The highest BCUT2D eigenvalue weighted by Gasteiger charge is 2.04. The van der Waals surface area contributed by atoms with Crippen LogP contribution in [0.1, 0.15) is 25.0 Å². The molecule has 0 saturated heterocycles. The van der Waals surface area contributed by atoms with E-state index in [9.17, 15) is 4.39 Å². The third-order valence-corrected chi connectivity index (χ3v) is 2.08. The van der Waals surface area contributed by atoms with E-state index < -0.39 is 0 Å². The molecule has 66 valence electrons. The van der Waals surface area contributed by atoms with Crippen molar-refractivity contribution >= 4 is 5.69 Å². The van der Waals surface area contributed by atoms with Gasteiger partial charge in [0.1, 0.15) is 5.82 Å². The lowest BCUT2D eigenvalue weighted by atomic mass is 10.0. The standard InChI is InChI=1S/C10H14FN/c1-3-7-5-9(11)6-8(4-2)10(7)12/h5-6H,3-4,12H2,1-2H3. The van der Waals surface area contributed by atoms with Crippen LogP contribution in [0.3, 0.4) is 0 Å². The predicted molar refractivity (Wildman–Crippen MR) is 49.6 cm³/mol. The van der Waals surface area contributed by atoms with Gasteiger partial charge in [-0.05, 0) is 36.1 Å². The van der Waals surface area contributed by atoms with Gasteiger partial charge in [0.2, 0.25) is 0 Å². The van der Waals surface area contributed by atoms with Crippen LogP contribution in [0.2, 0.25) is 0 Å². The summed E-state index contributed by atoms with van der Waals surface area (Å²) in [6, 6.07) is 3.02. The zero-order valence-electron chi connectivity index (χ0n) is 7.52. The lowest BCUT2D eigenvalue weighted by Gasteiger charge is -2.07. The van der Waals surface area contributed by atoms with E-state index in [4.69, 9.17) is 5.73 Å². The summed E-state index contributed by atoms with van der Waals surface area (Å²) in [4.78, 5) is 0. The van der Waals surface area contributed by atoms with Gasteiger partial charge >= 0.3 is 0 Å². The summed E-state index contributed by atoms with van der Waals surface area (Å²) in [6.45, 7) is 3.95. The molecule has 0 unspecified atom stereocenters. The Bertz CT molecular complexity index is 256. The molecule has 0 fully saturated rings. The molecule has 1 rings (SSSR count). The maximum Gasteiger partial charge on any atom is 0.123 e. The molecule has 0 aliphatic heterocycles. The number of nitrogen functional groups attached to an aromatic ring is 1. The van der Waals surface area contributed by atoms with Gasteiger partial charge in [0.05, 0.1) is 0 Å². The number of anilines is 1. The predicted octanol–water partition coefficient (Wildman–Crippen LogP) is 2.53. The summed E-state index contributed by atoms with van der Waals surface area (Å²) in [5, 5.41) is 0. The van der Waals surface area contributed by atoms with Gasteiger partial charge in [0, 0.05) is 5.69 Å². The highest BCUT2D eigenvalue weighted by atomic mass is 19.1. The number of nitrogens with two attached hydrogens (primary N) is 1. The Morgan fingerprint density at radius 3 is 1.92 bits per heavy atom. The van der Waals surface area contributed by atoms with E-state index in [0.29, 0.717) is 0 Å². The molecule has 1 aromatic rings. The number of aryl methyl sites for hydroxylation is 2. The summed E-state index contributed by atoms with van der Waals surface area (Å²) in [5.74, 6) is -0.182. The molecule has 2 N–H and O–H groups in total. The van der Waals surface area contributed by atoms with Gasteiger partial charge in [-0.15, -0.1) is 0 Å². The molecule has 0 saturated carbocycles. The van der Waals surface area contributed by atoms with E-state index in [-0.39, 0.29) is 5.82 Å². The molecule has 2 heteroatoms. The van der Waals surface area contributed by atoms with E-state index in [1.807, 2.05) is 13.8 Å². The first-order chi connectivity index (χ1) is 5.69. The summed E-state index contributed by atoms with van der Waals surface area (Å²) in [7, 11) is 0. The maximum absolute atomic E-state index is 12.9. The Hall–Kier alpha value is -1.05. The van der Waals surface area contributed by atoms with E-state index in [1.54, 1.807) is 0 Å². The van der Waals surface area contributed by atoms with Crippen LogP contribution in [-0.4, -0.2) is 0 Å². The molecule has 0 bridgehead atoms. The minimum Gasteiger partial charge on any atom is -0.398 e. The third kappa shape index (κ3) is 1.58. The van der Waals surface area contributed by atoms with Crippen LogP contribution < -0.4 is 5.73 Å². The Kier molecular flexibility index (Phi) is 2.69. The molecule has 0 atom stereocenters. The molecule has 0 aliphatic rings. The highest BCUT2D eigenvalue weighted by molar-refractivity contribution is 5.54. The van der Waals surface area contributed by atoms with Crippen LogP contribution in [-0.2, 0) is 12.8 Å². The molecule has 12 heavy (non-hydrogen) atoms. The fourth-order valence-electron chi connectivity index (χ4n) is 1.32. The van der Waals surface area contributed by atoms with Gasteiger partial charge in [0.25, 0.3) is 0 Å². The second-order valence-electron chi connectivity index (χ2n) is 2.84. The number of halogens is 1. The number of hydrogen-bond acceptors (Lipinski definition) is 1. The van der Waals surface area contributed by atoms with Crippen molar-refractivity contribution in [2.24, 2.45) is 0 Å². The minimum absolute atomic E-state index is 0.182. The van der Waals surface area contributed by atoms with Crippen LogP contribution in [0.5, 0.6) is 0 Å². The summed E-state index contributed by atoms with van der Waals surface area (Å²) in [6.07, 6.45) is 1.58. The van der Waals surface area contributed by atoms with Crippen molar-refractivity contribution in [3.63, 3.8) is 0 Å². The average Bonchev–Trinajstić information content (AvgIpc) is 2.08. The fourth-order valence-corrected chi connectivity index (χ4v) is 1.32. The van der Waals surface area contributed by atoms with Gasteiger partial charge in [0.15, 0.2) is 0 Å². The monoisotopic (exact) mass is 167 g/mol. The van der Waals surface area contributed by atoms with E-state index in [2.05, 4.69) is 0 Å². The molecule has 0 aliphatic carbocycles. The van der Waals surface area contributed by atoms with Crippen molar-refractivity contribution in [1.82, 2.24) is 0 Å². The van der Waals surface area contributed by atoms with Crippen LogP contribution >= 0.6 is 0 Å². The lowest BCUT2D eigenvalue weighted by molar-refractivity contribution is 0.624. The number of hydrogen-bond donors (Lipinski definition) is 1. The second-order valence-corrected chi connectivity index (χ2v) is 2.84. The molecule has 1 aromatic carbocycles. The Morgan fingerprint density at radius 2 is 1.58 bits per heavy atom. The van der Waals surface area contributed by atoms with Gasteiger partial charge in [-0.1, -0.05) is 13.8 Å². The van der Waals surface area contributed by atoms with Gasteiger partial charge in [-0.2, -0.15) is 0 Å². The Labute approximate surface area is 72.4 Å². The first kappa shape index (κ1) is 9.04. The van der Waals surface area contributed by atoms with Crippen molar-refractivity contribution < 1.29 is 4.39 Å². The Balaban J connectivity index is 3.22. The zero-order valence-corrected chi connectivity index (χ0v) is 7.52. The third-order valence-electron chi connectivity index (χ3n) is 2.08. The smallest absolute Gasteiger partial charge is 0.123 e. The first-order valence-corrected chi connectivity index (χ1v) is 4.25. The average molecular weight is 167 g/mol. The maximum atomic E-state index is 12.9. The molecule has 0 aromatic heterocycles. The summed E-state index contributed by atoms with van der Waals surface area (Å²) >= 11 is 0. The van der Waals surface area contributed by atoms with Crippen molar-refractivity contribution in [3.05, 3.63) is 29.1 Å². The van der Waals surface area contributed by atoms with Crippen LogP contribution in [0.15, 0.2) is 12.1 Å². The first-order valence-electron chi connectivity index (χ1n) is 4.25. The topological polar surface area (TPSA) is 26.0 Å². The largest absolute Gasteiger partial charge is 0.398 e. The van der Waals surface area contributed by atoms with Crippen LogP contribution in [0, 0.1) is 5.82 Å². The molecule has 0 radical (unpaired) electrons. The SMILES string of the molecule is CCc1cc(F)cc(CC)c1N. The molecular weight excluding hydrogens is 153 g/mol. The van der Waals surface area contributed by atoms with Crippen molar-refractivity contribution in [3.8, 4) is 0 Å². The number of rotatable bonds is 2. The van der Waals surface area contributed by atoms with Crippen molar-refractivity contribution in [2.75, 3.05) is 5.73 Å². The summed E-state index contributed by atoms with van der Waals surface area (Å²) in [5.41, 5.74) is 8.38. The highest BCUT2D eigenvalue weighted by Crippen LogP contribution is 2.20. The minimum atomic E-state index is -0.182. The second kappa shape index (κ2) is 3.57. The van der Waals surface area contributed by atoms with Gasteiger partial charge in [-0.3, -0.25) is 0 Å². The Morgan fingerprint density at radius 1 is 1.17 bits per heavy atom. The van der Waals surface area contributed by atoms with Gasteiger partial charge < -0.3 is 5.73 Å². The van der Waals surface area contributed by atoms with Crippen LogP contribution in [0.25, 0.3) is 0 Å². The van der Waals surface area contributed by atoms with E-state index in [1.165, 1.54) is 12.1 Å².